The van der Waals surface area contributed by atoms with Crippen LogP contribution < -0.4 is 15.2 Å². The Kier molecular flexibility index (Phi) is 5.73. The van der Waals surface area contributed by atoms with Crippen molar-refractivity contribution >= 4 is 34.8 Å². The minimum Gasteiger partial charge on any atom is -0.497 e. The number of benzene rings is 2. The van der Waals surface area contributed by atoms with Crippen LogP contribution in [-0.2, 0) is 13.2 Å². The third-order valence-corrected chi connectivity index (χ3v) is 5.85. The molecule has 8 heteroatoms. The quantitative estimate of drug-likeness (QED) is 0.581. The molecule has 1 aliphatic heterocycles. The van der Waals surface area contributed by atoms with Crippen LogP contribution in [0.3, 0.4) is 0 Å². The standard InChI is InChI=1S/C22H22Cl2N4O2/c1-14-15(2)25-22-27(20-9-6-17(23)10-19(20)24)12-26(13-28(22)21(14)29)11-16-4-7-18(30-3)8-5-16/h4-10H,11-13H2,1-3H3. The van der Waals surface area contributed by atoms with Crippen LogP contribution in [0.4, 0.5) is 11.6 Å². The van der Waals surface area contributed by atoms with Gasteiger partial charge in [0.05, 0.1) is 31.2 Å². The molecule has 6 nitrogen and oxygen atoms in total. The van der Waals surface area contributed by atoms with E-state index in [-0.39, 0.29) is 5.56 Å². The van der Waals surface area contributed by atoms with Gasteiger partial charge in [-0.3, -0.25) is 19.2 Å². The minimum absolute atomic E-state index is 0.0491. The van der Waals surface area contributed by atoms with Gasteiger partial charge in [-0.1, -0.05) is 35.3 Å². The average molecular weight is 445 g/mol. The van der Waals surface area contributed by atoms with Crippen LogP contribution in [0.2, 0.25) is 10.0 Å². The van der Waals surface area contributed by atoms with Gasteiger partial charge in [-0.05, 0) is 49.7 Å². The molecule has 0 bridgehead atoms. The smallest absolute Gasteiger partial charge is 0.259 e. The van der Waals surface area contributed by atoms with E-state index in [9.17, 15) is 4.79 Å². The highest BCUT2D eigenvalue weighted by molar-refractivity contribution is 6.36. The summed E-state index contributed by atoms with van der Waals surface area (Å²) in [5, 5.41) is 1.06. The van der Waals surface area contributed by atoms with Gasteiger partial charge >= 0.3 is 0 Å². The molecule has 3 aromatic rings. The molecule has 0 unspecified atom stereocenters. The fraction of sp³-hybridized carbons (Fsp3) is 0.273. The maximum absolute atomic E-state index is 13.0. The van der Waals surface area contributed by atoms with Crippen molar-refractivity contribution in [3.8, 4) is 5.75 Å². The molecule has 1 aromatic heterocycles. The normalized spacial score (nSPS) is 14.0. The zero-order valence-corrected chi connectivity index (χ0v) is 18.5. The van der Waals surface area contributed by atoms with Crippen LogP contribution in [0.25, 0.3) is 0 Å². The second kappa shape index (κ2) is 8.30. The van der Waals surface area contributed by atoms with Gasteiger partial charge < -0.3 is 4.74 Å². The number of ether oxygens (including phenoxy) is 1. The Balaban J connectivity index is 1.76. The second-order valence-corrected chi connectivity index (χ2v) is 8.18. The van der Waals surface area contributed by atoms with Gasteiger partial charge in [0, 0.05) is 22.8 Å². The summed E-state index contributed by atoms with van der Waals surface area (Å²) < 4.78 is 6.94. The van der Waals surface area contributed by atoms with Crippen molar-refractivity contribution in [3.63, 3.8) is 0 Å². The molecule has 0 N–H and O–H groups in total. The fourth-order valence-electron chi connectivity index (χ4n) is 3.56. The van der Waals surface area contributed by atoms with Crippen LogP contribution in [-0.4, -0.2) is 28.2 Å². The number of rotatable bonds is 4. The first-order chi connectivity index (χ1) is 14.4. The molecule has 0 saturated carbocycles. The summed E-state index contributed by atoms with van der Waals surface area (Å²) in [7, 11) is 1.65. The zero-order chi connectivity index (χ0) is 21.4. The Morgan fingerprint density at radius 3 is 2.47 bits per heavy atom. The first kappa shape index (κ1) is 20.7. The number of hydrogen-bond acceptors (Lipinski definition) is 5. The van der Waals surface area contributed by atoms with E-state index in [0.717, 1.165) is 17.0 Å². The molecular formula is C22H22Cl2N4O2. The minimum atomic E-state index is -0.0491. The van der Waals surface area contributed by atoms with Crippen LogP contribution in [0.1, 0.15) is 16.8 Å². The Hall–Kier alpha value is -2.54. The van der Waals surface area contributed by atoms with E-state index in [1.165, 1.54) is 0 Å². The van der Waals surface area contributed by atoms with E-state index >= 15 is 0 Å². The molecule has 0 saturated heterocycles. The zero-order valence-electron chi connectivity index (χ0n) is 17.0. The molecule has 156 valence electrons. The van der Waals surface area contributed by atoms with Crippen LogP contribution >= 0.6 is 23.2 Å². The molecule has 30 heavy (non-hydrogen) atoms. The largest absolute Gasteiger partial charge is 0.497 e. The summed E-state index contributed by atoms with van der Waals surface area (Å²) in [6.45, 7) is 5.28. The molecule has 4 rings (SSSR count). The van der Waals surface area contributed by atoms with Gasteiger partial charge in [-0.15, -0.1) is 0 Å². The number of nitrogens with zero attached hydrogens (tertiary/aromatic N) is 4. The number of halogens is 2. The molecule has 2 heterocycles. The van der Waals surface area contributed by atoms with E-state index < -0.39 is 0 Å². The lowest BCUT2D eigenvalue weighted by Gasteiger charge is -2.38. The topological polar surface area (TPSA) is 50.6 Å². The van der Waals surface area contributed by atoms with E-state index in [4.69, 9.17) is 32.9 Å². The van der Waals surface area contributed by atoms with Crippen LogP contribution in [0.15, 0.2) is 47.3 Å². The van der Waals surface area contributed by atoms with Crippen molar-refractivity contribution in [3.05, 3.63) is 79.7 Å². The number of fused-ring (bicyclic) bond motifs is 1. The summed E-state index contributed by atoms with van der Waals surface area (Å²) >= 11 is 12.6. The SMILES string of the molecule is COc1ccc(CN2CN(c3ccc(Cl)cc3Cl)c3nc(C)c(C)c(=O)n3C2)cc1. The lowest BCUT2D eigenvalue weighted by molar-refractivity contribution is 0.190. The predicted octanol–water partition coefficient (Wildman–Crippen LogP) is 4.74. The van der Waals surface area contributed by atoms with E-state index in [1.807, 2.05) is 42.2 Å². The summed E-state index contributed by atoms with van der Waals surface area (Å²) in [4.78, 5) is 21.9. The van der Waals surface area contributed by atoms with E-state index in [1.54, 1.807) is 30.7 Å². The molecule has 2 aromatic carbocycles. The Labute approximate surface area is 185 Å². The van der Waals surface area contributed by atoms with Crippen LogP contribution in [0, 0.1) is 13.8 Å². The highest BCUT2D eigenvalue weighted by atomic mass is 35.5. The summed E-state index contributed by atoms with van der Waals surface area (Å²) in [6.07, 6.45) is 0. The number of hydrogen-bond donors (Lipinski definition) is 0. The van der Waals surface area contributed by atoms with E-state index in [0.29, 0.717) is 47.1 Å². The molecule has 1 aliphatic rings. The van der Waals surface area contributed by atoms with Crippen LogP contribution in [0.5, 0.6) is 5.75 Å². The molecule has 0 amide bonds. The number of aromatic nitrogens is 2. The predicted molar refractivity (Wildman–Crippen MR) is 120 cm³/mol. The van der Waals surface area contributed by atoms with Gasteiger partial charge in [0.2, 0.25) is 5.95 Å². The van der Waals surface area contributed by atoms with Gasteiger partial charge in [0.15, 0.2) is 0 Å². The third kappa shape index (κ3) is 3.90. The highest BCUT2D eigenvalue weighted by Crippen LogP contribution is 2.35. The average Bonchev–Trinajstić information content (AvgIpc) is 2.73. The van der Waals surface area contributed by atoms with Crippen molar-refractivity contribution in [2.24, 2.45) is 0 Å². The third-order valence-electron chi connectivity index (χ3n) is 5.31. The summed E-state index contributed by atoms with van der Waals surface area (Å²) in [5.74, 6) is 1.39. The molecule has 0 fully saturated rings. The monoisotopic (exact) mass is 444 g/mol. The van der Waals surface area contributed by atoms with Gasteiger partial charge in [-0.2, -0.15) is 0 Å². The molecule has 0 radical (unpaired) electrons. The molecule has 0 spiro atoms. The van der Waals surface area contributed by atoms with Crippen molar-refractivity contribution in [1.29, 1.82) is 0 Å². The summed E-state index contributed by atoms with van der Waals surface area (Å²) in [5.41, 5.74) is 3.18. The maximum Gasteiger partial charge on any atom is 0.259 e. The Morgan fingerprint density at radius 2 is 1.80 bits per heavy atom. The first-order valence-electron chi connectivity index (χ1n) is 9.53. The highest BCUT2D eigenvalue weighted by Gasteiger charge is 2.28. The fourth-order valence-corrected chi connectivity index (χ4v) is 4.07. The Bertz CT molecular complexity index is 1150. The number of methoxy groups -OCH3 is 1. The van der Waals surface area contributed by atoms with Crippen molar-refractivity contribution < 1.29 is 4.74 Å². The van der Waals surface area contributed by atoms with Crippen molar-refractivity contribution in [2.75, 3.05) is 18.7 Å². The molecular weight excluding hydrogens is 423 g/mol. The molecule has 0 aliphatic carbocycles. The maximum atomic E-state index is 13.0. The lowest BCUT2D eigenvalue weighted by Crippen LogP contribution is -2.47. The van der Waals surface area contributed by atoms with Gasteiger partial charge in [-0.25, -0.2) is 4.98 Å². The lowest BCUT2D eigenvalue weighted by atomic mass is 10.2. The first-order valence-corrected chi connectivity index (χ1v) is 10.3. The van der Waals surface area contributed by atoms with E-state index in [2.05, 4.69) is 4.90 Å². The Morgan fingerprint density at radius 1 is 1.07 bits per heavy atom. The van der Waals surface area contributed by atoms with Crippen molar-refractivity contribution in [2.45, 2.75) is 27.1 Å². The van der Waals surface area contributed by atoms with Gasteiger partial charge in [0.1, 0.15) is 5.75 Å². The molecule has 0 atom stereocenters. The van der Waals surface area contributed by atoms with Gasteiger partial charge in [0.25, 0.3) is 5.56 Å². The number of anilines is 2. The van der Waals surface area contributed by atoms with Crippen molar-refractivity contribution in [1.82, 2.24) is 14.5 Å². The number of aryl methyl sites for hydroxylation is 1. The summed E-state index contributed by atoms with van der Waals surface area (Å²) in [6, 6.07) is 13.3. The second-order valence-electron chi connectivity index (χ2n) is 7.34.